The zero-order valence-corrected chi connectivity index (χ0v) is 16.7. The van der Waals surface area contributed by atoms with E-state index in [1.165, 1.54) is 25.4 Å². The third kappa shape index (κ3) is 4.88. The maximum Gasteiger partial charge on any atom is 0.340 e. The quantitative estimate of drug-likeness (QED) is 0.624. The van der Waals surface area contributed by atoms with Crippen molar-refractivity contribution in [2.24, 2.45) is 0 Å². The molecule has 0 saturated carbocycles. The molecule has 1 aromatic carbocycles. The van der Waals surface area contributed by atoms with Crippen LogP contribution in [-0.4, -0.2) is 46.3 Å². The summed E-state index contributed by atoms with van der Waals surface area (Å²) in [5.74, 6) is -1.08. The number of carbonyl (C=O) groups excluding carboxylic acids is 3. The summed E-state index contributed by atoms with van der Waals surface area (Å²) in [4.78, 5) is 39.8. The van der Waals surface area contributed by atoms with Gasteiger partial charge in [0.1, 0.15) is 0 Å². The number of anilines is 1. The number of esters is 2. The zero-order chi connectivity index (χ0) is 21.7. The molecule has 0 aliphatic rings. The van der Waals surface area contributed by atoms with Gasteiger partial charge in [0.25, 0.3) is 5.91 Å². The number of carbonyl (C=O) groups is 3. The van der Waals surface area contributed by atoms with Gasteiger partial charge in [-0.25, -0.2) is 19.3 Å². The highest BCUT2D eigenvalue weighted by Gasteiger charge is 2.13. The SMILES string of the molecule is COC(=O)c1ccc(NC(=O)COC(=O)c2ccc(-n3nc(C)cc3C)nc2)cc1. The van der Waals surface area contributed by atoms with Gasteiger partial charge in [0.05, 0.1) is 23.9 Å². The van der Waals surface area contributed by atoms with Gasteiger partial charge in [0, 0.05) is 17.6 Å². The lowest BCUT2D eigenvalue weighted by atomic mass is 10.2. The van der Waals surface area contributed by atoms with Gasteiger partial charge in [-0.1, -0.05) is 0 Å². The lowest BCUT2D eigenvalue weighted by Crippen LogP contribution is -2.21. The van der Waals surface area contributed by atoms with Crippen molar-refractivity contribution in [3.63, 3.8) is 0 Å². The Bertz CT molecular complexity index is 1070. The number of nitrogens with zero attached hydrogens (tertiary/aromatic N) is 3. The molecule has 2 heterocycles. The van der Waals surface area contributed by atoms with Crippen molar-refractivity contribution >= 4 is 23.5 Å². The van der Waals surface area contributed by atoms with E-state index in [-0.39, 0.29) is 5.56 Å². The van der Waals surface area contributed by atoms with E-state index in [4.69, 9.17) is 4.74 Å². The second-order valence-electron chi connectivity index (χ2n) is 6.44. The fraction of sp³-hybridized carbons (Fsp3) is 0.190. The van der Waals surface area contributed by atoms with Crippen molar-refractivity contribution in [3.05, 3.63) is 71.2 Å². The molecular weight excluding hydrogens is 388 g/mol. The normalized spacial score (nSPS) is 10.4. The van der Waals surface area contributed by atoms with Crippen molar-refractivity contribution in [3.8, 4) is 5.82 Å². The molecule has 0 aliphatic carbocycles. The van der Waals surface area contributed by atoms with E-state index in [0.29, 0.717) is 17.1 Å². The van der Waals surface area contributed by atoms with Crippen LogP contribution in [0.25, 0.3) is 5.82 Å². The minimum Gasteiger partial charge on any atom is -0.465 e. The van der Waals surface area contributed by atoms with Gasteiger partial charge in [0.2, 0.25) is 0 Å². The van der Waals surface area contributed by atoms with Gasteiger partial charge in [-0.05, 0) is 56.3 Å². The van der Waals surface area contributed by atoms with E-state index in [1.54, 1.807) is 28.9 Å². The summed E-state index contributed by atoms with van der Waals surface area (Å²) in [6.45, 7) is 3.33. The van der Waals surface area contributed by atoms with Gasteiger partial charge in [0.15, 0.2) is 12.4 Å². The summed E-state index contributed by atoms with van der Waals surface area (Å²) in [5.41, 5.74) is 2.82. The number of amides is 1. The Morgan fingerprint density at radius 3 is 2.27 bits per heavy atom. The van der Waals surface area contributed by atoms with Crippen LogP contribution < -0.4 is 5.32 Å². The Kier molecular flexibility index (Phi) is 6.21. The molecule has 3 rings (SSSR count). The maximum absolute atomic E-state index is 12.2. The Morgan fingerprint density at radius 2 is 1.70 bits per heavy atom. The van der Waals surface area contributed by atoms with E-state index >= 15 is 0 Å². The molecule has 0 unspecified atom stereocenters. The number of pyridine rings is 1. The number of aromatic nitrogens is 3. The van der Waals surface area contributed by atoms with Gasteiger partial charge in [-0.15, -0.1) is 0 Å². The summed E-state index contributed by atoms with van der Waals surface area (Å²) in [6, 6.07) is 11.3. The summed E-state index contributed by atoms with van der Waals surface area (Å²) >= 11 is 0. The summed E-state index contributed by atoms with van der Waals surface area (Å²) in [7, 11) is 1.29. The monoisotopic (exact) mass is 408 g/mol. The third-order valence-electron chi connectivity index (χ3n) is 4.13. The predicted octanol–water partition coefficient (Wildman–Crippen LogP) is 2.47. The van der Waals surface area contributed by atoms with Gasteiger partial charge in [-0.3, -0.25) is 4.79 Å². The molecule has 0 bridgehead atoms. The molecule has 154 valence electrons. The number of aryl methyl sites for hydroxylation is 2. The van der Waals surface area contributed by atoms with Crippen LogP contribution in [-0.2, 0) is 14.3 Å². The molecule has 1 N–H and O–H groups in total. The first-order chi connectivity index (χ1) is 14.4. The first kappa shape index (κ1) is 20.7. The van der Waals surface area contributed by atoms with Crippen LogP contribution in [0.5, 0.6) is 0 Å². The molecular formula is C21H20N4O5. The minimum atomic E-state index is -0.668. The van der Waals surface area contributed by atoms with Crippen LogP contribution in [0.2, 0.25) is 0 Å². The number of rotatable bonds is 6. The fourth-order valence-electron chi connectivity index (χ4n) is 2.71. The van der Waals surface area contributed by atoms with Crippen LogP contribution in [0.15, 0.2) is 48.7 Å². The molecule has 0 saturated heterocycles. The van der Waals surface area contributed by atoms with Crippen LogP contribution >= 0.6 is 0 Å². The topological polar surface area (TPSA) is 112 Å². The first-order valence-corrected chi connectivity index (χ1v) is 9.02. The Labute approximate surface area is 172 Å². The number of hydrogen-bond acceptors (Lipinski definition) is 7. The number of methoxy groups -OCH3 is 1. The van der Waals surface area contributed by atoms with Gasteiger partial charge in [-0.2, -0.15) is 5.10 Å². The number of ether oxygens (including phenoxy) is 2. The van der Waals surface area contributed by atoms with E-state index in [1.807, 2.05) is 19.9 Å². The molecule has 0 spiro atoms. The molecule has 9 nitrogen and oxygen atoms in total. The second kappa shape index (κ2) is 8.99. The average molecular weight is 408 g/mol. The third-order valence-corrected chi connectivity index (χ3v) is 4.13. The Hall–Kier alpha value is -4.01. The molecule has 0 radical (unpaired) electrons. The molecule has 2 aromatic heterocycles. The number of nitrogens with one attached hydrogen (secondary N) is 1. The Morgan fingerprint density at radius 1 is 1.00 bits per heavy atom. The first-order valence-electron chi connectivity index (χ1n) is 9.02. The van der Waals surface area contributed by atoms with Crippen LogP contribution in [0.4, 0.5) is 5.69 Å². The molecule has 0 fully saturated rings. The maximum atomic E-state index is 12.2. The lowest BCUT2D eigenvalue weighted by molar-refractivity contribution is -0.119. The average Bonchev–Trinajstić information content (AvgIpc) is 3.10. The number of hydrogen-bond donors (Lipinski definition) is 1. The second-order valence-corrected chi connectivity index (χ2v) is 6.44. The number of benzene rings is 1. The van der Waals surface area contributed by atoms with E-state index in [0.717, 1.165) is 11.4 Å². The summed E-state index contributed by atoms with van der Waals surface area (Å²) in [6.07, 6.45) is 1.37. The smallest absolute Gasteiger partial charge is 0.340 e. The summed E-state index contributed by atoms with van der Waals surface area (Å²) < 4.78 is 11.3. The standard InChI is InChI=1S/C21H20N4O5/c1-13-10-14(2)25(24-13)18-9-6-16(11-22-18)21(28)30-12-19(26)23-17-7-4-15(5-8-17)20(27)29-3/h4-11H,12H2,1-3H3,(H,23,26). The molecule has 1 amide bonds. The highest BCUT2D eigenvalue weighted by molar-refractivity contribution is 5.96. The van der Waals surface area contributed by atoms with Gasteiger partial charge < -0.3 is 14.8 Å². The van der Waals surface area contributed by atoms with Crippen molar-refractivity contribution in [1.29, 1.82) is 0 Å². The zero-order valence-electron chi connectivity index (χ0n) is 16.7. The van der Waals surface area contributed by atoms with Crippen LogP contribution in [0, 0.1) is 13.8 Å². The molecule has 9 heteroatoms. The molecule has 30 heavy (non-hydrogen) atoms. The van der Waals surface area contributed by atoms with Gasteiger partial charge >= 0.3 is 11.9 Å². The van der Waals surface area contributed by atoms with Crippen molar-refractivity contribution in [2.45, 2.75) is 13.8 Å². The fourth-order valence-corrected chi connectivity index (χ4v) is 2.71. The van der Waals surface area contributed by atoms with Crippen LogP contribution in [0.3, 0.4) is 0 Å². The minimum absolute atomic E-state index is 0.218. The van der Waals surface area contributed by atoms with Crippen molar-refractivity contribution < 1.29 is 23.9 Å². The Balaban J connectivity index is 1.54. The van der Waals surface area contributed by atoms with E-state index < -0.39 is 24.5 Å². The summed E-state index contributed by atoms with van der Waals surface area (Å²) in [5, 5.41) is 6.91. The van der Waals surface area contributed by atoms with E-state index in [2.05, 4.69) is 20.1 Å². The highest BCUT2D eigenvalue weighted by atomic mass is 16.5. The lowest BCUT2D eigenvalue weighted by Gasteiger charge is -2.08. The molecule has 0 aliphatic heterocycles. The van der Waals surface area contributed by atoms with Crippen molar-refractivity contribution in [1.82, 2.24) is 14.8 Å². The largest absolute Gasteiger partial charge is 0.465 e. The van der Waals surface area contributed by atoms with Crippen molar-refractivity contribution in [2.75, 3.05) is 19.0 Å². The predicted molar refractivity (Wildman–Crippen MR) is 108 cm³/mol. The highest BCUT2D eigenvalue weighted by Crippen LogP contribution is 2.12. The molecule has 0 atom stereocenters. The van der Waals surface area contributed by atoms with Crippen LogP contribution in [0.1, 0.15) is 32.1 Å². The molecule has 3 aromatic rings. The van der Waals surface area contributed by atoms with E-state index in [9.17, 15) is 14.4 Å².